The maximum absolute atomic E-state index is 10.3. The molecule has 0 heterocycles. The Kier molecular flexibility index (Phi) is 13.2. The molecule has 0 radical (unpaired) electrons. The molecule has 0 fully saturated rings. The van der Waals surface area contributed by atoms with Crippen LogP contribution in [0.1, 0.15) is 20.8 Å². The highest BCUT2D eigenvalue weighted by molar-refractivity contribution is 7.97. The standard InChI is InChI=1S/C18H15S.C6H12O3.C2H4O2/c1-4-10-16(11-5-1)19(17-12-6-2-7-13-17)18-14-8-3-9-15-18;1-5(4-8-3)9-6(2)7;1-2(3)4/h1-15H;5H,4H2,1-3H3;1H3,(H,3,4)/q+1;;/p-1. The van der Waals surface area contributed by atoms with E-state index in [9.17, 15) is 4.79 Å². The molecular weight excluding hydrogens is 424 g/mol. The van der Waals surface area contributed by atoms with Crippen LogP contribution in [0, 0.1) is 0 Å². The molecule has 3 aromatic rings. The van der Waals surface area contributed by atoms with Gasteiger partial charge in [0.25, 0.3) is 0 Å². The molecule has 3 rings (SSSR count). The summed E-state index contributed by atoms with van der Waals surface area (Å²) in [4.78, 5) is 23.2. The van der Waals surface area contributed by atoms with E-state index in [1.807, 2.05) is 0 Å². The third kappa shape index (κ3) is 11.3. The summed E-state index contributed by atoms with van der Waals surface area (Å²) in [5, 5.41) is 8.89. The maximum Gasteiger partial charge on any atom is 0.302 e. The van der Waals surface area contributed by atoms with Crippen molar-refractivity contribution in [3.05, 3.63) is 91.0 Å². The zero-order valence-electron chi connectivity index (χ0n) is 18.9. The van der Waals surface area contributed by atoms with Crippen LogP contribution in [-0.4, -0.2) is 31.8 Å². The van der Waals surface area contributed by atoms with Crippen molar-refractivity contribution in [2.24, 2.45) is 0 Å². The summed E-state index contributed by atoms with van der Waals surface area (Å²) >= 11 is 0. The highest BCUT2D eigenvalue weighted by Gasteiger charge is 2.27. The first-order chi connectivity index (χ1) is 15.3. The average Bonchev–Trinajstić information content (AvgIpc) is 2.76. The number of carbonyl (C=O) groups is 2. The maximum atomic E-state index is 10.3. The first kappa shape index (κ1) is 26.9. The normalized spacial score (nSPS) is 10.7. The van der Waals surface area contributed by atoms with E-state index in [1.165, 1.54) is 21.6 Å². The van der Waals surface area contributed by atoms with Gasteiger partial charge in [-0.05, 0) is 50.2 Å². The molecule has 0 N–H and O–H groups in total. The fourth-order valence-electron chi connectivity index (χ4n) is 2.63. The number of rotatable bonds is 6. The summed E-state index contributed by atoms with van der Waals surface area (Å²) in [6.07, 6.45) is -0.132. The number of esters is 1. The molecule has 0 amide bonds. The number of methoxy groups -OCH3 is 1. The van der Waals surface area contributed by atoms with E-state index in [0.29, 0.717) is 6.61 Å². The van der Waals surface area contributed by atoms with Gasteiger partial charge in [-0.25, -0.2) is 0 Å². The molecule has 0 saturated heterocycles. The highest BCUT2D eigenvalue weighted by atomic mass is 32.2. The molecule has 0 aliphatic heterocycles. The van der Waals surface area contributed by atoms with E-state index in [2.05, 4.69) is 91.0 Å². The third-order valence-corrected chi connectivity index (χ3v) is 5.94. The SMILES string of the molecule is CC(=O)[O-].COCC(C)OC(C)=O.c1ccc([S+](c2ccccc2)c2ccccc2)cc1. The lowest BCUT2D eigenvalue weighted by molar-refractivity contribution is -0.302. The van der Waals surface area contributed by atoms with Gasteiger partial charge in [0.2, 0.25) is 0 Å². The number of carboxylic acid groups (broad SMARTS) is 1. The summed E-state index contributed by atoms with van der Waals surface area (Å²) in [5.74, 6) is -1.35. The van der Waals surface area contributed by atoms with Crippen LogP contribution in [0.3, 0.4) is 0 Å². The highest BCUT2D eigenvalue weighted by Crippen LogP contribution is 2.30. The van der Waals surface area contributed by atoms with Crippen LogP contribution in [0.4, 0.5) is 0 Å². The van der Waals surface area contributed by atoms with Crippen LogP contribution in [0.15, 0.2) is 106 Å². The minimum absolute atomic E-state index is 0.0146. The average molecular weight is 455 g/mol. The summed E-state index contributed by atoms with van der Waals surface area (Å²) < 4.78 is 9.45. The van der Waals surface area contributed by atoms with Gasteiger partial charge in [0, 0.05) is 20.0 Å². The minimum atomic E-state index is -1.08. The quantitative estimate of drug-likeness (QED) is 0.414. The van der Waals surface area contributed by atoms with Crippen molar-refractivity contribution < 1.29 is 24.2 Å². The third-order valence-electron chi connectivity index (χ3n) is 3.71. The van der Waals surface area contributed by atoms with Gasteiger partial charge in [-0.1, -0.05) is 54.6 Å². The van der Waals surface area contributed by atoms with Crippen LogP contribution < -0.4 is 5.11 Å². The summed E-state index contributed by atoms with van der Waals surface area (Å²) in [7, 11) is 1.55. The number of carbonyl (C=O) groups excluding carboxylic acids is 2. The Balaban J connectivity index is 0.000000331. The smallest absolute Gasteiger partial charge is 0.302 e. The molecule has 0 aliphatic rings. The Morgan fingerprint density at radius 1 is 0.781 bits per heavy atom. The lowest BCUT2D eigenvalue weighted by atomic mass is 10.4. The molecule has 6 heteroatoms. The van der Waals surface area contributed by atoms with Gasteiger partial charge in [-0.3, -0.25) is 4.79 Å². The second-order valence-corrected chi connectivity index (χ2v) is 8.64. The largest absolute Gasteiger partial charge is 0.550 e. The van der Waals surface area contributed by atoms with E-state index in [0.717, 1.165) is 6.92 Å². The molecule has 0 saturated carbocycles. The molecule has 0 bridgehead atoms. The van der Waals surface area contributed by atoms with E-state index < -0.39 is 5.97 Å². The molecule has 0 spiro atoms. The van der Waals surface area contributed by atoms with Gasteiger partial charge in [0.05, 0.1) is 17.5 Å². The van der Waals surface area contributed by atoms with Crippen molar-refractivity contribution in [3.8, 4) is 0 Å². The van der Waals surface area contributed by atoms with Crippen LogP contribution in [0.5, 0.6) is 0 Å². The summed E-state index contributed by atoms with van der Waals surface area (Å²) in [5.41, 5.74) is 0. The second-order valence-electron chi connectivity index (χ2n) is 6.61. The van der Waals surface area contributed by atoms with Crippen LogP contribution in [0.25, 0.3) is 0 Å². The van der Waals surface area contributed by atoms with Gasteiger partial charge in [0.1, 0.15) is 6.10 Å². The Bertz CT molecular complexity index is 803. The molecule has 1 atom stereocenters. The van der Waals surface area contributed by atoms with Gasteiger partial charge >= 0.3 is 5.97 Å². The minimum Gasteiger partial charge on any atom is -0.550 e. The van der Waals surface area contributed by atoms with E-state index in [4.69, 9.17) is 19.4 Å². The molecule has 1 unspecified atom stereocenters. The first-order valence-electron chi connectivity index (χ1n) is 10.1. The molecule has 32 heavy (non-hydrogen) atoms. The molecule has 3 aromatic carbocycles. The van der Waals surface area contributed by atoms with E-state index in [1.54, 1.807) is 14.0 Å². The van der Waals surface area contributed by atoms with Crippen molar-refractivity contribution in [2.45, 2.75) is 41.6 Å². The van der Waals surface area contributed by atoms with Crippen molar-refractivity contribution in [1.29, 1.82) is 0 Å². The monoisotopic (exact) mass is 454 g/mol. The second kappa shape index (κ2) is 15.7. The summed E-state index contributed by atoms with van der Waals surface area (Å²) in [6, 6.07) is 32.2. The van der Waals surface area contributed by atoms with Crippen molar-refractivity contribution >= 4 is 22.8 Å². The first-order valence-corrected chi connectivity index (χ1v) is 11.3. The number of benzene rings is 3. The zero-order valence-corrected chi connectivity index (χ0v) is 19.7. The number of hydrogen-bond donors (Lipinski definition) is 0. The predicted octanol–water partition coefficient (Wildman–Crippen LogP) is 4.12. The molecule has 0 aliphatic carbocycles. The van der Waals surface area contributed by atoms with Crippen molar-refractivity contribution in [2.75, 3.05) is 13.7 Å². The fourth-order valence-corrected chi connectivity index (χ4v) is 4.73. The number of carboxylic acids is 1. The van der Waals surface area contributed by atoms with Crippen LogP contribution >= 0.6 is 0 Å². The number of hydrogen-bond acceptors (Lipinski definition) is 5. The van der Waals surface area contributed by atoms with E-state index in [-0.39, 0.29) is 23.0 Å². The van der Waals surface area contributed by atoms with Gasteiger partial charge in [-0.2, -0.15) is 0 Å². The predicted molar refractivity (Wildman–Crippen MR) is 125 cm³/mol. The van der Waals surface area contributed by atoms with Crippen molar-refractivity contribution in [3.63, 3.8) is 0 Å². The number of aliphatic carboxylic acids is 1. The molecular formula is C26H30O5S. The Labute approximate surface area is 193 Å². The van der Waals surface area contributed by atoms with Crippen molar-refractivity contribution in [1.82, 2.24) is 0 Å². The molecule has 0 aromatic heterocycles. The summed E-state index contributed by atoms with van der Waals surface area (Å²) in [6.45, 7) is 4.59. The van der Waals surface area contributed by atoms with Crippen LogP contribution in [-0.2, 0) is 30.0 Å². The Hall–Kier alpha value is -3.09. The number of ether oxygens (including phenoxy) is 2. The van der Waals surface area contributed by atoms with E-state index >= 15 is 0 Å². The Morgan fingerprint density at radius 2 is 1.09 bits per heavy atom. The Morgan fingerprint density at radius 3 is 1.34 bits per heavy atom. The van der Waals surface area contributed by atoms with Gasteiger partial charge < -0.3 is 19.4 Å². The van der Waals surface area contributed by atoms with Gasteiger partial charge in [0.15, 0.2) is 14.7 Å². The molecule has 5 nitrogen and oxygen atoms in total. The lowest BCUT2D eigenvalue weighted by Gasteiger charge is -2.08. The molecule has 170 valence electrons. The topological polar surface area (TPSA) is 75.7 Å². The zero-order chi connectivity index (χ0) is 23.8. The fraction of sp³-hybridized carbons (Fsp3) is 0.231. The van der Waals surface area contributed by atoms with Gasteiger partial charge in [-0.15, -0.1) is 0 Å². The lowest BCUT2D eigenvalue weighted by Crippen LogP contribution is -2.17. The van der Waals surface area contributed by atoms with Crippen LogP contribution in [0.2, 0.25) is 0 Å².